The number of amides is 2. The van der Waals surface area contributed by atoms with Crippen molar-refractivity contribution in [1.29, 1.82) is 0 Å². The number of aromatic nitrogens is 1. The highest BCUT2D eigenvalue weighted by Crippen LogP contribution is 2.30. The van der Waals surface area contributed by atoms with Crippen LogP contribution in [0, 0.1) is 6.92 Å². The average Bonchev–Trinajstić information content (AvgIpc) is 2.74. The Morgan fingerprint density at radius 3 is 2.06 bits per heavy atom. The summed E-state index contributed by atoms with van der Waals surface area (Å²) >= 11 is 0. The van der Waals surface area contributed by atoms with E-state index in [2.05, 4.69) is 15.6 Å². The number of hydrogen-bond acceptors (Lipinski definition) is 3. The third-order valence-electron chi connectivity index (χ3n) is 4.50. The molecule has 0 spiro atoms. The minimum absolute atomic E-state index is 0.0193. The van der Waals surface area contributed by atoms with Crippen molar-refractivity contribution in [3.8, 4) is 0 Å². The second-order valence-electron chi connectivity index (χ2n) is 6.95. The van der Waals surface area contributed by atoms with Gasteiger partial charge in [-0.3, -0.25) is 9.59 Å². The van der Waals surface area contributed by atoms with Crippen LogP contribution in [0.15, 0.2) is 60.8 Å². The van der Waals surface area contributed by atoms with E-state index in [4.69, 9.17) is 0 Å². The molecule has 1 aromatic heterocycles. The van der Waals surface area contributed by atoms with E-state index in [1.165, 1.54) is 24.3 Å². The van der Waals surface area contributed by atoms with Crippen LogP contribution in [-0.2, 0) is 12.4 Å². The molecule has 2 aromatic carbocycles. The number of aryl methyl sites for hydroxylation is 1. The van der Waals surface area contributed by atoms with Crippen molar-refractivity contribution in [1.82, 2.24) is 4.98 Å². The van der Waals surface area contributed by atoms with Gasteiger partial charge in [0.25, 0.3) is 11.8 Å². The van der Waals surface area contributed by atoms with Gasteiger partial charge in [-0.2, -0.15) is 26.3 Å². The number of carbonyl (C=O) groups excluding carboxylic acids is 2. The molecule has 0 atom stereocenters. The Labute approximate surface area is 183 Å². The Kier molecular flexibility index (Phi) is 6.43. The lowest BCUT2D eigenvalue weighted by atomic mass is 10.1. The molecule has 0 unspecified atom stereocenters. The number of halogens is 6. The van der Waals surface area contributed by atoms with Crippen LogP contribution in [0.4, 0.5) is 37.7 Å². The lowest BCUT2D eigenvalue weighted by molar-refractivity contribution is -0.141. The molecule has 0 radical (unpaired) electrons. The van der Waals surface area contributed by atoms with E-state index in [9.17, 15) is 35.9 Å². The second-order valence-corrected chi connectivity index (χ2v) is 6.95. The van der Waals surface area contributed by atoms with Crippen LogP contribution in [-0.4, -0.2) is 16.8 Å². The highest BCUT2D eigenvalue weighted by molar-refractivity contribution is 6.08. The molecule has 5 nitrogen and oxygen atoms in total. The van der Waals surface area contributed by atoms with Crippen molar-refractivity contribution < 1.29 is 35.9 Å². The first-order valence-corrected chi connectivity index (χ1v) is 9.28. The van der Waals surface area contributed by atoms with Crippen molar-refractivity contribution in [3.05, 3.63) is 88.7 Å². The number of nitrogens with zero attached hydrogens (tertiary/aromatic N) is 1. The molecule has 0 aliphatic heterocycles. The fourth-order valence-corrected chi connectivity index (χ4v) is 2.82. The predicted molar refractivity (Wildman–Crippen MR) is 108 cm³/mol. The summed E-state index contributed by atoms with van der Waals surface area (Å²) in [5, 5.41) is 4.83. The van der Waals surface area contributed by atoms with Crippen molar-refractivity contribution in [2.24, 2.45) is 0 Å². The van der Waals surface area contributed by atoms with Gasteiger partial charge in [0.2, 0.25) is 0 Å². The Balaban J connectivity index is 1.76. The van der Waals surface area contributed by atoms with E-state index >= 15 is 0 Å². The van der Waals surface area contributed by atoms with Crippen LogP contribution in [0.3, 0.4) is 0 Å². The molecule has 0 aliphatic carbocycles. The fourth-order valence-electron chi connectivity index (χ4n) is 2.82. The van der Waals surface area contributed by atoms with Gasteiger partial charge in [-0.05, 0) is 55.0 Å². The second kappa shape index (κ2) is 8.93. The molecule has 0 saturated heterocycles. The van der Waals surface area contributed by atoms with Crippen LogP contribution in [0.5, 0.6) is 0 Å². The maximum absolute atomic E-state index is 12.9. The minimum atomic E-state index is -4.62. The number of carbonyl (C=O) groups is 2. The molecule has 1 heterocycles. The molecule has 2 N–H and O–H groups in total. The molecule has 0 aliphatic rings. The van der Waals surface area contributed by atoms with E-state index in [1.54, 1.807) is 6.92 Å². The number of alkyl halides is 6. The maximum Gasteiger partial charge on any atom is 0.433 e. The Morgan fingerprint density at radius 1 is 0.788 bits per heavy atom. The van der Waals surface area contributed by atoms with Gasteiger partial charge in [0, 0.05) is 16.8 Å². The first-order valence-electron chi connectivity index (χ1n) is 9.28. The van der Waals surface area contributed by atoms with Crippen molar-refractivity contribution in [3.63, 3.8) is 0 Å². The highest BCUT2D eigenvalue weighted by atomic mass is 19.4. The van der Waals surface area contributed by atoms with E-state index < -0.39 is 35.4 Å². The summed E-state index contributed by atoms with van der Waals surface area (Å²) in [6.07, 6.45) is -8.38. The van der Waals surface area contributed by atoms with Gasteiger partial charge < -0.3 is 10.6 Å². The Hall–Kier alpha value is -3.89. The number of benzene rings is 2. The molecular formula is C22H15F6N3O2. The van der Waals surface area contributed by atoms with Gasteiger partial charge in [-0.25, -0.2) is 4.98 Å². The molecule has 3 rings (SSSR count). The lowest BCUT2D eigenvalue weighted by Crippen LogP contribution is -2.17. The number of anilines is 2. The van der Waals surface area contributed by atoms with Crippen molar-refractivity contribution in [2.75, 3.05) is 10.6 Å². The van der Waals surface area contributed by atoms with Gasteiger partial charge in [-0.15, -0.1) is 0 Å². The molecule has 11 heteroatoms. The zero-order valence-electron chi connectivity index (χ0n) is 16.8. The lowest BCUT2D eigenvalue weighted by Gasteiger charge is -2.12. The smallest absolute Gasteiger partial charge is 0.322 e. The number of nitrogens with one attached hydrogen (secondary N) is 2. The number of rotatable bonds is 4. The molecular weight excluding hydrogens is 452 g/mol. The SMILES string of the molecule is Cc1ccc(NC(=O)c2cccc(C(F)(F)F)c2)cc1C(=O)Nc1ccc(C(F)(F)F)nc1. The summed E-state index contributed by atoms with van der Waals surface area (Å²) in [6.45, 7) is 1.60. The van der Waals surface area contributed by atoms with Crippen LogP contribution < -0.4 is 10.6 Å². The fraction of sp³-hybridized carbons (Fsp3) is 0.136. The Bertz CT molecular complexity index is 1190. The molecule has 33 heavy (non-hydrogen) atoms. The first kappa shape index (κ1) is 23.8. The molecule has 172 valence electrons. The summed E-state index contributed by atoms with van der Waals surface area (Å²) in [5.74, 6) is -1.49. The van der Waals surface area contributed by atoms with E-state index in [0.717, 1.165) is 24.4 Å². The average molecular weight is 467 g/mol. The van der Waals surface area contributed by atoms with Gasteiger partial charge >= 0.3 is 12.4 Å². The number of pyridine rings is 1. The summed E-state index contributed by atoms with van der Waals surface area (Å²) in [4.78, 5) is 28.2. The van der Waals surface area contributed by atoms with E-state index in [1.807, 2.05) is 0 Å². The van der Waals surface area contributed by atoms with Crippen LogP contribution in [0.2, 0.25) is 0 Å². The monoisotopic (exact) mass is 467 g/mol. The van der Waals surface area contributed by atoms with Gasteiger partial charge in [-0.1, -0.05) is 12.1 Å². The van der Waals surface area contributed by atoms with Crippen molar-refractivity contribution >= 4 is 23.2 Å². The third-order valence-corrected chi connectivity index (χ3v) is 4.50. The summed E-state index contributed by atoms with van der Waals surface area (Å²) in [6, 6.07) is 9.87. The topological polar surface area (TPSA) is 71.1 Å². The molecule has 2 amide bonds. The van der Waals surface area contributed by atoms with Gasteiger partial charge in [0.1, 0.15) is 5.69 Å². The third kappa shape index (κ3) is 5.88. The first-order chi connectivity index (χ1) is 15.3. The summed E-state index contributed by atoms with van der Waals surface area (Å²) in [7, 11) is 0. The van der Waals surface area contributed by atoms with Crippen LogP contribution in [0.25, 0.3) is 0 Å². The Morgan fingerprint density at radius 2 is 1.45 bits per heavy atom. The standard InChI is InChI=1S/C22H15F6N3O2/c1-12-5-6-15(30-19(32)13-3-2-4-14(9-13)21(23,24)25)10-17(12)20(33)31-16-7-8-18(29-11-16)22(26,27)28/h2-11H,1H3,(H,30,32)(H,31,33). The maximum atomic E-state index is 12.9. The normalized spacial score (nSPS) is 11.7. The molecule has 0 saturated carbocycles. The summed E-state index contributed by atoms with van der Waals surface area (Å²) in [5.41, 5.74) is -1.59. The minimum Gasteiger partial charge on any atom is -0.322 e. The van der Waals surface area contributed by atoms with Crippen LogP contribution >= 0.6 is 0 Å². The van der Waals surface area contributed by atoms with Crippen molar-refractivity contribution in [2.45, 2.75) is 19.3 Å². The zero-order valence-corrected chi connectivity index (χ0v) is 16.8. The highest BCUT2D eigenvalue weighted by Gasteiger charge is 2.32. The molecule has 0 bridgehead atoms. The predicted octanol–water partition coefficient (Wildman–Crippen LogP) is 5.93. The quantitative estimate of drug-likeness (QED) is 0.467. The molecule has 3 aromatic rings. The zero-order chi connectivity index (χ0) is 24.4. The van der Waals surface area contributed by atoms with E-state index in [-0.39, 0.29) is 22.5 Å². The summed E-state index contributed by atoms with van der Waals surface area (Å²) < 4.78 is 76.4. The largest absolute Gasteiger partial charge is 0.433 e. The van der Waals surface area contributed by atoms with Gasteiger partial charge in [0.15, 0.2) is 0 Å². The van der Waals surface area contributed by atoms with E-state index in [0.29, 0.717) is 17.7 Å². The van der Waals surface area contributed by atoms with Crippen LogP contribution in [0.1, 0.15) is 37.5 Å². The van der Waals surface area contributed by atoms with Gasteiger partial charge in [0.05, 0.1) is 17.4 Å². The molecule has 0 fully saturated rings. The number of hydrogen-bond donors (Lipinski definition) is 2.